The lowest BCUT2D eigenvalue weighted by Gasteiger charge is -2.39. The van der Waals surface area contributed by atoms with Gasteiger partial charge >= 0.3 is 0 Å². The van der Waals surface area contributed by atoms with Crippen LogP contribution in [-0.2, 0) is 0 Å². The maximum Gasteiger partial charge on any atom is 0.0918 e. The summed E-state index contributed by atoms with van der Waals surface area (Å²) in [4.78, 5) is 0. The van der Waals surface area contributed by atoms with E-state index in [0.29, 0.717) is 0 Å². The lowest BCUT2D eigenvalue weighted by atomic mass is 10.0. The van der Waals surface area contributed by atoms with Crippen LogP contribution in [0, 0.1) is 5.21 Å². The van der Waals surface area contributed by atoms with Gasteiger partial charge in [-0.3, -0.25) is 0 Å². The molecule has 0 aromatic carbocycles. The summed E-state index contributed by atoms with van der Waals surface area (Å²) in [6.07, 6.45) is 40.2. The van der Waals surface area contributed by atoms with Crippen molar-refractivity contribution in [2.75, 3.05) is 13.1 Å². The molecule has 0 aromatic heterocycles. The molecular formula is C34H69NO. The molecule has 0 atom stereocenters. The predicted molar refractivity (Wildman–Crippen MR) is 164 cm³/mol. The van der Waals surface area contributed by atoms with E-state index >= 15 is 0 Å². The average molecular weight is 508 g/mol. The van der Waals surface area contributed by atoms with Crippen LogP contribution in [0.15, 0.2) is 12.3 Å². The van der Waals surface area contributed by atoms with E-state index < -0.39 is 0 Å². The standard InChI is InChI=1S/C34H69NO/c1-4-7-10-13-16-17-18-19-20-21-22-23-24-25-28-31-34-35(36,32-29-26-14-11-8-5-2)33-30-27-15-12-9-6-3/h31,34H,4-30,32-33H2,1-3H3. The number of hydrogen-bond acceptors (Lipinski definition) is 1. The maximum atomic E-state index is 13.5. The highest BCUT2D eigenvalue weighted by atomic mass is 16.5. The fourth-order valence-corrected chi connectivity index (χ4v) is 5.30. The monoisotopic (exact) mass is 508 g/mol. The zero-order chi connectivity index (χ0) is 26.4. The first-order valence-corrected chi connectivity index (χ1v) is 16.9. The Morgan fingerprint density at radius 3 is 1.00 bits per heavy atom. The number of nitrogens with zero attached hydrogens (tertiary/aromatic N) is 1. The van der Waals surface area contributed by atoms with Gasteiger partial charge in [0.2, 0.25) is 0 Å². The molecule has 0 amide bonds. The van der Waals surface area contributed by atoms with Crippen molar-refractivity contribution >= 4 is 0 Å². The number of rotatable bonds is 30. The minimum absolute atomic E-state index is 0.0693. The number of hydrogen-bond donors (Lipinski definition) is 0. The van der Waals surface area contributed by atoms with Crippen LogP contribution in [0.4, 0.5) is 0 Å². The summed E-state index contributed by atoms with van der Waals surface area (Å²) < 4.78 is -0.0693. The summed E-state index contributed by atoms with van der Waals surface area (Å²) in [5.74, 6) is 0. The molecule has 0 fully saturated rings. The Kier molecular flexibility index (Phi) is 28.9. The number of hydroxylamine groups is 3. The van der Waals surface area contributed by atoms with Crippen LogP contribution in [0.2, 0.25) is 0 Å². The van der Waals surface area contributed by atoms with Gasteiger partial charge in [0, 0.05) is 0 Å². The van der Waals surface area contributed by atoms with Gasteiger partial charge in [-0.1, -0.05) is 156 Å². The Morgan fingerprint density at radius 1 is 0.389 bits per heavy atom. The largest absolute Gasteiger partial charge is 0.628 e. The van der Waals surface area contributed by atoms with Crippen LogP contribution in [0.25, 0.3) is 0 Å². The van der Waals surface area contributed by atoms with Crippen molar-refractivity contribution in [1.82, 2.24) is 0 Å². The summed E-state index contributed by atoms with van der Waals surface area (Å²) in [6.45, 7) is 8.40. The molecule has 2 heteroatoms. The second kappa shape index (κ2) is 29.2. The molecule has 2 nitrogen and oxygen atoms in total. The summed E-state index contributed by atoms with van der Waals surface area (Å²) >= 11 is 0. The Bertz CT molecular complexity index is 417. The van der Waals surface area contributed by atoms with E-state index in [-0.39, 0.29) is 4.65 Å². The molecule has 216 valence electrons. The summed E-state index contributed by atoms with van der Waals surface area (Å²) in [6, 6.07) is 0. The van der Waals surface area contributed by atoms with Crippen LogP contribution >= 0.6 is 0 Å². The van der Waals surface area contributed by atoms with Crippen molar-refractivity contribution in [1.29, 1.82) is 0 Å². The van der Waals surface area contributed by atoms with Gasteiger partial charge in [0.05, 0.1) is 19.3 Å². The first kappa shape index (κ1) is 35.7. The van der Waals surface area contributed by atoms with Crippen molar-refractivity contribution < 1.29 is 4.65 Å². The summed E-state index contributed by atoms with van der Waals surface area (Å²) in [5.41, 5.74) is 0. The third kappa shape index (κ3) is 26.7. The highest BCUT2D eigenvalue weighted by molar-refractivity contribution is 4.76. The Hall–Kier alpha value is -0.340. The quantitative estimate of drug-likeness (QED) is 0.0538. The van der Waals surface area contributed by atoms with E-state index in [4.69, 9.17) is 0 Å². The Morgan fingerprint density at radius 2 is 0.667 bits per heavy atom. The lowest BCUT2D eigenvalue weighted by molar-refractivity contribution is -0.830. The van der Waals surface area contributed by atoms with E-state index in [9.17, 15) is 5.21 Å². The zero-order valence-corrected chi connectivity index (χ0v) is 25.5. The van der Waals surface area contributed by atoms with Crippen LogP contribution in [0.3, 0.4) is 0 Å². The number of allylic oxidation sites excluding steroid dienone is 1. The van der Waals surface area contributed by atoms with E-state index in [1.165, 1.54) is 154 Å². The lowest BCUT2D eigenvalue weighted by Crippen LogP contribution is -2.38. The maximum absolute atomic E-state index is 13.5. The molecule has 0 heterocycles. The Labute approximate surface area is 229 Å². The third-order valence-electron chi connectivity index (χ3n) is 7.88. The van der Waals surface area contributed by atoms with Gasteiger partial charge in [0.15, 0.2) is 0 Å². The van der Waals surface area contributed by atoms with Crippen molar-refractivity contribution in [3.8, 4) is 0 Å². The fourth-order valence-electron chi connectivity index (χ4n) is 5.30. The second-order valence-corrected chi connectivity index (χ2v) is 11.7. The first-order valence-electron chi connectivity index (χ1n) is 16.9. The average Bonchev–Trinajstić information content (AvgIpc) is 2.88. The third-order valence-corrected chi connectivity index (χ3v) is 7.88. The molecule has 0 N–H and O–H groups in total. The molecule has 36 heavy (non-hydrogen) atoms. The van der Waals surface area contributed by atoms with Gasteiger partial charge in [0.25, 0.3) is 0 Å². The van der Waals surface area contributed by atoms with Gasteiger partial charge < -0.3 is 9.85 Å². The van der Waals surface area contributed by atoms with E-state index in [1.807, 2.05) is 6.20 Å². The predicted octanol–water partition coefficient (Wildman–Crippen LogP) is 12.4. The van der Waals surface area contributed by atoms with Gasteiger partial charge in [-0.25, -0.2) is 0 Å². The smallest absolute Gasteiger partial charge is 0.0918 e. The fraction of sp³-hybridized carbons (Fsp3) is 0.941. The van der Waals surface area contributed by atoms with Gasteiger partial charge in [-0.05, 0) is 44.6 Å². The Balaban J connectivity index is 3.90. The molecule has 0 bridgehead atoms. The molecule has 0 aliphatic heterocycles. The normalized spacial score (nSPS) is 12.2. The molecule has 0 rings (SSSR count). The molecule has 0 unspecified atom stereocenters. The minimum atomic E-state index is -0.0693. The SMILES string of the molecule is CCCCCCCCCCCCCCCCC=C[N+]([O-])(CCCCCCCC)CCCCCCCC. The van der Waals surface area contributed by atoms with Crippen LogP contribution in [-0.4, -0.2) is 17.7 Å². The van der Waals surface area contributed by atoms with E-state index in [2.05, 4.69) is 26.8 Å². The molecule has 0 aromatic rings. The van der Waals surface area contributed by atoms with Crippen molar-refractivity contribution in [3.63, 3.8) is 0 Å². The van der Waals surface area contributed by atoms with Gasteiger partial charge in [0.1, 0.15) is 0 Å². The topological polar surface area (TPSA) is 23.1 Å². The van der Waals surface area contributed by atoms with Crippen LogP contribution < -0.4 is 0 Å². The number of unbranched alkanes of at least 4 members (excludes halogenated alkanes) is 24. The number of quaternary nitrogens is 1. The second-order valence-electron chi connectivity index (χ2n) is 11.7. The van der Waals surface area contributed by atoms with Crippen LogP contribution in [0.1, 0.15) is 194 Å². The van der Waals surface area contributed by atoms with E-state index in [0.717, 1.165) is 32.4 Å². The highest BCUT2D eigenvalue weighted by Gasteiger charge is 2.13. The molecule has 0 saturated heterocycles. The molecule has 0 aliphatic carbocycles. The molecule has 0 radical (unpaired) electrons. The van der Waals surface area contributed by atoms with Crippen LogP contribution in [0.5, 0.6) is 0 Å². The highest BCUT2D eigenvalue weighted by Crippen LogP contribution is 2.17. The van der Waals surface area contributed by atoms with E-state index in [1.54, 1.807) is 0 Å². The summed E-state index contributed by atoms with van der Waals surface area (Å²) in [7, 11) is 0. The molecule has 0 saturated carbocycles. The summed E-state index contributed by atoms with van der Waals surface area (Å²) in [5, 5.41) is 13.5. The van der Waals surface area contributed by atoms with Crippen molar-refractivity contribution in [2.24, 2.45) is 0 Å². The molecular weight excluding hydrogens is 438 g/mol. The van der Waals surface area contributed by atoms with Gasteiger partial charge in [-0.2, -0.15) is 0 Å². The van der Waals surface area contributed by atoms with Gasteiger partial charge in [-0.15, -0.1) is 0 Å². The molecule has 0 aliphatic rings. The van der Waals surface area contributed by atoms with Crippen molar-refractivity contribution in [3.05, 3.63) is 17.5 Å². The molecule has 0 spiro atoms. The van der Waals surface area contributed by atoms with Crippen molar-refractivity contribution in [2.45, 2.75) is 194 Å². The minimum Gasteiger partial charge on any atom is -0.628 e. The zero-order valence-electron chi connectivity index (χ0n) is 25.5. The first-order chi connectivity index (χ1) is 17.7.